The van der Waals surface area contributed by atoms with Crippen LogP contribution in [-0.2, 0) is 0 Å². The van der Waals surface area contributed by atoms with Gasteiger partial charge in [0.1, 0.15) is 0 Å². The van der Waals surface area contributed by atoms with Gasteiger partial charge in [-0.25, -0.2) is 0 Å². The molecule has 0 heterocycles. The van der Waals surface area contributed by atoms with Crippen LogP contribution in [0.2, 0.25) is 0 Å². The molecule has 1 fully saturated rings. The van der Waals surface area contributed by atoms with Gasteiger partial charge in [0.25, 0.3) is 0 Å². The summed E-state index contributed by atoms with van der Waals surface area (Å²) in [6.07, 6.45) is 11.0. The van der Waals surface area contributed by atoms with Gasteiger partial charge in [0.05, 0.1) is 0 Å². The summed E-state index contributed by atoms with van der Waals surface area (Å²) < 4.78 is 0. The lowest BCUT2D eigenvalue weighted by molar-refractivity contribution is -0.0402. The molecule has 0 heteroatoms. The Kier molecular flexibility index (Phi) is 4.19. The molecule has 0 saturated heterocycles. The lowest BCUT2D eigenvalue weighted by Crippen LogP contribution is -2.48. The molecule has 0 aromatic carbocycles. The molecule has 19 heavy (non-hydrogen) atoms. The molecule has 2 rings (SSSR count). The van der Waals surface area contributed by atoms with Crippen molar-refractivity contribution < 1.29 is 0 Å². The number of rotatable bonds is 3. The van der Waals surface area contributed by atoms with Crippen LogP contribution in [0.4, 0.5) is 0 Å². The molecule has 0 bridgehead atoms. The maximum Gasteiger partial charge on any atom is -0.0149 e. The minimum Gasteiger partial charge on any atom is -0.0850 e. The first-order valence-corrected chi connectivity index (χ1v) is 8.44. The number of hydrogen-bond acceptors (Lipinski definition) is 0. The number of hydrogen-bond donors (Lipinski definition) is 0. The van der Waals surface area contributed by atoms with Crippen LogP contribution >= 0.6 is 0 Å². The van der Waals surface area contributed by atoms with Crippen LogP contribution < -0.4 is 0 Å². The molecule has 0 amide bonds. The fourth-order valence-electron chi connectivity index (χ4n) is 5.19. The first-order chi connectivity index (χ1) is 8.77. The molecule has 0 aromatic rings. The molecule has 3 atom stereocenters. The van der Waals surface area contributed by atoms with Gasteiger partial charge in [0.2, 0.25) is 0 Å². The van der Waals surface area contributed by atoms with Crippen LogP contribution in [0.25, 0.3) is 0 Å². The summed E-state index contributed by atoms with van der Waals surface area (Å²) in [6, 6.07) is 0. The van der Waals surface area contributed by atoms with Gasteiger partial charge >= 0.3 is 0 Å². The second kappa shape index (κ2) is 5.26. The van der Waals surface area contributed by atoms with Gasteiger partial charge in [0.15, 0.2) is 0 Å². The van der Waals surface area contributed by atoms with Gasteiger partial charge in [-0.1, -0.05) is 59.1 Å². The molecule has 110 valence electrons. The SMILES string of the molecule is CC1=CC[C@H]2C(C)(C)CCC[C@]2(C)[C@H]1CCC(C)C. The Morgan fingerprint density at radius 3 is 2.53 bits per heavy atom. The van der Waals surface area contributed by atoms with E-state index in [2.05, 4.69) is 47.6 Å². The van der Waals surface area contributed by atoms with Crippen LogP contribution in [0.1, 0.15) is 80.1 Å². The van der Waals surface area contributed by atoms with Gasteiger partial charge in [-0.3, -0.25) is 0 Å². The van der Waals surface area contributed by atoms with E-state index in [1.54, 1.807) is 5.57 Å². The number of fused-ring (bicyclic) bond motifs is 1. The van der Waals surface area contributed by atoms with Crippen molar-refractivity contribution in [1.29, 1.82) is 0 Å². The standard InChI is InChI=1S/C19H34/c1-14(2)8-10-16-15(3)9-11-17-18(4,5)12-7-13-19(16,17)6/h9,14,16-17H,7-8,10-13H2,1-6H3/t16-,17-,19+/m0/s1. The smallest absolute Gasteiger partial charge is 0.0149 e. The molecule has 0 nitrogen and oxygen atoms in total. The van der Waals surface area contributed by atoms with Crippen molar-refractivity contribution in [3.05, 3.63) is 11.6 Å². The zero-order valence-electron chi connectivity index (χ0n) is 14.1. The van der Waals surface area contributed by atoms with E-state index in [1.165, 1.54) is 38.5 Å². The lowest BCUT2D eigenvalue weighted by atomic mass is 9.48. The normalized spacial score (nSPS) is 37.9. The Balaban J connectivity index is 2.25. The van der Waals surface area contributed by atoms with Crippen molar-refractivity contribution in [1.82, 2.24) is 0 Å². The van der Waals surface area contributed by atoms with E-state index in [4.69, 9.17) is 0 Å². The molecule has 0 aliphatic heterocycles. The first kappa shape index (κ1) is 15.1. The third-order valence-corrected chi connectivity index (χ3v) is 6.33. The highest BCUT2D eigenvalue weighted by Crippen LogP contribution is 2.60. The highest BCUT2D eigenvalue weighted by atomic mass is 14.6. The summed E-state index contributed by atoms with van der Waals surface area (Å²) in [6.45, 7) is 14.8. The minimum absolute atomic E-state index is 0.542. The number of allylic oxidation sites excluding steroid dienone is 2. The Morgan fingerprint density at radius 2 is 1.89 bits per heavy atom. The Hall–Kier alpha value is -0.260. The molecule has 1 saturated carbocycles. The highest BCUT2D eigenvalue weighted by molar-refractivity contribution is 5.18. The van der Waals surface area contributed by atoms with Crippen molar-refractivity contribution in [2.24, 2.45) is 28.6 Å². The predicted molar refractivity (Wildman–Crippen MR) is 85.2 cm³/mol. The van der Waals surface area contributed by atoms with E-state index in [-0.39, 0.29) is 0 Å². The van der Waals surface area contributed by atoms with E-state index in [0.29, 0.717) is 10.8 Å². The van der Waals surface area contributed by atoms with Crippen LogP contribution in [0.15, 0.2) is 11.6 Å². The average molecular weight is 262 g/mol. The van der Waals surface area contributed by atoms with Gasteiger partial charge < -0.3 is 0 Å². The van der Waals surface area contributed by atoms with Gasteiger partial charge in [-0.2, -0.15) is 0 Å². The summed E-state index contributed by atoms with van der Waals surface area (Å²) in [5.74, 6) is 2.58. The van der Waals surface area contributed by atoms with Crippen LogP contribution in [0.3, 0.4) is 0 Å². The molecule has 2 aliphatic rings. The lowest BCUT2D eigenvalue weighted by Gasteiger charge is -2.57. The third-order valence-electron chi connectivity index (χ3n) is 6.33. The van der Waals surface area contributed by atoms with Crippen molar-refractivity contribution >= 4 is 0 Å². The molecule has 0 radical (unpaired) electrons. The van der Waals surface area contributed by atoms with E-state index >= 15 is 0 Å². The van der Waals surface area contributed by atoms with Crippen LogP contribution in [0.5, 0.6) is 0 Å². The van der Waals surface area contributed by atoms with Crippen molar-refractivity contribution in [2.75, 3.05) is 0 Å². The Bertz CT molecular complexity index is 347. The van der Waals surface area contributed by atoms with Gasteiger partial charge in [-0.05, 0) is 61.2 Å². The monoisotopic (exact) mass is 262 g/mol. The maximum absolute atomic E-state index is 2.61. The van der Waals surface area contributed by atoms with E-state index in [0.717, 1.165) is 17.8 Å². The fourth-order valence-corrected chi connectivity index (χ4v) is 5.19. The van der Waals surface area contributed by atoms with Gasteiger partial charge in [0, 0.05) is 0 Å². The Morgan fingerprint density at radius 1 is 1.21 bits per heavy atom. The molecule has 0 aromatic heterocycles. The molecular formula is C19H34. The highest BCUT2D eigenvalue weighted by Gasteiger charge is 2.51. The molecule has 0 spiro atoms. The topological polar surface area (TPSA) is 0 Å². The third kappa shape index (κ3) is 2.78. The zero-order chi connectivity index (χ0) is 14.3. The van der Waals surface area contributed by atoms with Gasteiger partial charge in [-0.15, -0.1) is 0 Å². The van der Waals surface area contributed by atoms with Crippen LogP contribution in [0, 0.1) is 28.6 Å². The van der Waals surface area contributed by atoms with Crippen molar-refractivity contribution in [3.63, 3.8) is 0 Å². The summed E-state index contributed by atoms with van der Waals surface area (Å²) in [7, 11) is 0. The summed E-state index contributed by atoms with van der Waals surface area (Å²) in [5, 5.41) is 0. The predicted octanol–water partition coefficient (Wildman–Crippen LogP) is 6.22. The van der Waals surface area contributed by atoms with E-state index in [9.17, 15) is 0 Å². The fraction of sp³-hybridized carbons (Fsp3) is 0.895. The minimum atomic E-state index is 0.542. The average Bonchev–Trinajstić information content (AvgIpc) is 2.26. The quantitative estimate of drug-likeness (QED) is 0.529. The van der Waals surface area contributed by atoms with Crippen molar-refractivity contribution in [3.8, 4) is 0 Å². The maximum atomic E-state index is 2.61. The molecule has 2 aliphatic carbocycles. The first-order valence-electron chi connectivity index (χ1n) is 8.44. The summed E-state index contributed by atoms with van der Waals surface area (Å²) in [4.78, 5) is 0. The Labute approximate surface area is 121 Å². The van der Waals surface area contributed by atoms with Crippen LogP contribution in [-0.4, -0.2) is 0 Å². The molecule has 0 unspecified atom stereocenters. The second-order valence-corrected chi connectivity index (χ2v) is 8.61. The summed E-state index contributed by atoms with van der Waals surface area (Å²) in [5.41, 5.74) is 2.80. The van der Waals surface area contributed by atoms with E-state index < -0.39 is 0 Å². The second-order valence-electron chi connectivity index (χ2n) is 8.61. The molecule has 0 N–H and O–H groups in total. The summed E-state index contributed by atoms with van der Waals surface area (Å²) >= 11 is 0. The largest absolute Gasteiger partial charge is 0.0850 e. The van der Waals surface area contributed by atoms with Crippen molar-refractivity contribution in [2.45, 2.75) is 80.1 Å². The van der Waals surface area contributed by atoms with E-state index in [1.807, 2.05) is 0 Å². The zero-order valence-corrected chi connectivity index (χ0v) is 14.1. The molecular weight excluding hydrogens is 228 g/mol.